The van der Waals surface area contributed by atoms with Crippen LogP contribution in [0.5, 0.6) is 0 Å². The summed E-state index contributed by atoms with van der Waals surface area (Å²) >= 11 is 0. The standard InChI is InChI=1S/C24H32N6O4/c1-15(2)26-24(34)27-17-13-20(30(14-17)23(33)19-10-7-11-29(19)3)22(32)28-18(21(25)31)12-16-8-5-4-6-9-16/h4-11,15,17-18,20H,12-14H2,1-3H3,(H2,25,31)(H,28,32)(H2,26,27,34)/t17-,18-,20+/m1/s1. The van der Waals surface area contributed by atoms with Crippen LogP contribution in [0.4, 0.5) is 4.79 Å². The van der Waals surface area contributed by atoms with Gasteiger partial charge < -0.3 is 31.2 Å². The summed E-state index contributed by atoms with van der Waals surface area (Å²) in [5, 5.41) is 8.30. The SMILES string of the molecule is CC(C)NC(=O)N[C@@H]1C[C@@H](C(=O)N[C@H](Cc2ccccc2)C(N)=O)N(C(=O)c2cccn2C)C1. The van der Waals surface area contributed by atoms with E-state index in [2.05, 4.69) is 16.0 Å². The van der Waals surface area contributed by atoms with Gasteiger partial charge in [0.15, 0.2) is 0 Å². The molecule has 1 aliphatic rings. The lowest BCUT2D eigenvalue weighted by Gasteiger charge is -2.26. The second-order valence-electron chi connectivity index (χ2n) is 8.84. The van der Waals surface area contributed by atoms with Gasteiger partial charge in [0.25, 0.3) is 5.91 Å². The molecule has 1 aromatic heterocycles. The number of nitrogens with one attached hydrogen (secondary N) is 3. The molecule has 0 saturated carbocycles. The van der Waals surface area contributed by atoms with Crippen molar-refractivity contribution in [2.24, 2.45) is 12.8 Å². The minimum Gasteiger partial charge on any atom is -0.368 e. The average molecular weight is 469 g/mol. The number of rotatable bonds is 8. The zero-order chi connectivity index (χ0) is 24.8. The van der Waals surface area contributed by atoms with E-state index in [1.807, 2.05) is 44.2 Å². The predicted molar refractivity (Wildman–Crippen MR) is 127 cm³/mol. The maximum absolute atomic E-state index is 13.3. The third kappa shape index (κ3) is 6.15. The molecule has 0 radical (unpaired) electrons. The van der Waals surface area contributed by atoms with E-state index >= 15 is 0 Å². The highest BCUT2D eigenvalue weighted by Crippen LogP contribution is 2.22. The number of hydrogen-bond acceptors (Lipinski definition) is 4. The summed E-state index contributed by atoms with van der Waals surface area (Å²) in [6.07, 6.45) is 2.19. The zero-order valence-electron chi connectivity index (χ0n) is 19.7. The molecule has 0 spiro atoms. The van der Waals surface area contributed by atoms with Crippen LogP contribution in [0.3, 0.4) is 0 Å². The number of aryl methyl sites for hydroxylation is 1. The van der Waals surface area contributed by atoms with Crippen molar-refractivity contribution in [3.8, 4) is 0 Å². The van der Waals surface area contributed by atoms with Crippen molar-refractivity contribution in [3.05, 3.63) is 59.9 Å². The predicted octanol–water partition coefficient (Wildman–Crippen LogP) is 0.529. The Kier molecular flexibility index (Phi) is 7.93. The summed E-state index contributed by atoms with van der Waals surface area (Å²) in [5.74, 6) is -1.49. The second-order valence-corrected chi connectivity index (χ2v) is 8.84. The Morgan fingerprint density at radius 3 is 2.35 bits per heavy atom. The van der Waals surface area contributed by atoms with Crippen LogP contribution in [0.25, 0.3) is 0 Å². The molecule has 1 saturated heterocycles. The number of hydrogen-bond donors (Lipinski definition) is 4. The topological polar surface area (TPSA) is 139 Å². The monoisotopic (exact) mass is 468 g/mol. The minimum absolute atomic E-state index is 0.0593. The number of likely N-dealkylation sites (tertiary alicyclic amines) is 1. The largest absolute Gasteiger partial charge is 0.368 e. The lowest BCUT2D eigenvalue weighted by atomic mass is 10.0. The molecule has 182 valence electrons. The molecule has 0 unspecified atom stereocenters. The molecule has 1 aromatic carbocycles. The normalized spacial score (nSPS) is 18.4. The van der Waals surface area contributed by atoms with Gasteiger partial charge in [-0.25, -0.2) is 4.79 Å². The Hall–Kier alpha value is -3.82. The highest BCUT2D eigenvalue weighted by atomic mass is 16.2. The van der Waals surface area contributed by atoms with Crippen LogP contribution in [-0.2, 0) is 23.1 Å². The summed E-state index contributed by atoms with van der Waals surface area (Å²) in [5.41, 5.74) is 6.82. The molecule has 2 heterocycles. The summed E-state index contributed by atoms with van der Waals surface area (Å²) in [7, 11) is 1.74. The van der Waals surface area contributed by atoms with Crippen LogP contribution >= 0.6 is 0 Å². The number of aromatic nitrogens is 1. The maximum Gasteiger partial charge on any atom is 0.315 e. The number of urea groups is 1. The van der Waals surface area contributed by atoms with Crippen LogP contribution in [0.2, 0.25) is 0 Å². The number of carbonyl (C=O) groups is 4. The fourth-order valence-electron chi connectivity index (χ4n) is 4.07. The van der Waals surface area contributed by atoms with Gasteiger partial charge in [-0.2, -0.15) is 0 Å². The van der Waals surface area contributed by atoms with Crippen molar-refractivity contribution < 1.29 is 19.2 Å². The number of nitrogens with zero attached hydrogens (tertiary/aromatic N) is 2. The quantitative estimate of drug-likeness (QED) is 0.449. The Labute approximate surface area is 198 Å². The van der Waals surface area contributed by atoms with Crippen LogP contribution in [0.15, 0.2) is 48.7 Å². The second kappa shape index (κ2) is 10.9. The van der Waals surface area contributed by atoms with Crippen molar-refractivity contribution in [2.75, 3.05) is 6.54 Å². The van der Waals surface area contributed by atoms with Crippen LogP contribution in [-0.4, -0.2) is 63.9 Å². The fourth-order valence-corrected chi connectivity index (χ4v) is 4.07. The van der Waals surface area contributed by atoms with Gasteiger partial charge in [0, 0.05) is 32.3 Å². The van der Waals surface area contributed by atoms with Gasteiger partial charge in [-0.15, -0.1) is 0 Å². The Bertz CT molecular complexity index is 1040. The van der Waals surface area contributed by atoms with Crippen LogP contribution in [0.1, 0.15) is 36.3 Å². The molecule has 2 aromatic rings. The first-order chi connectivity index (χ1) is 16.2. The van der Waals surface area contributed by atoms with Gasteiger partial charge in [0.1, 0.15) is 17.8 Å². The molecule has 34 heavy (non-hydrogen) atoms. The lowest BCUT2D eigenvalue weighted by molar-refractivity contribution is -0.129. The Morgan fingerprint density at radius 1 is 1.06 bits per heavy atom. The molecule has 0 aliphatic carbocycles. The van der Waals surface area contributed by atoms with E-state index < -0.39 is 29.9 Å². The number of primary amides is 1. The van der Waals surface area contributed by atoms with Gasteiger partial charge >= 0.3 is 6.03 Å². The molecule has 5 amide bonds. The number of nitrogens with two attached hydrogens (primary N) is 1. The van der Waals surface area contributed by atoms with Gasteiger partial charge in [-0.05, 0) is 38.0 Å². The molecule has 10 nitrogen and oxygen atoms in total. The van der Waals surface area contributed by atoms with Gasteiger partial charge in [-0.3, -0.25) is 14.4 Å². The van der Waals surface area contributed by atoms with Crippen LogP contribution in [0, 0.1) is 0 Å². The van der Waals surface area contributed by atoms with Crippen molar-refractivity contribution >= 4 is 23.8 Å². The number of carbonyl (C=O) groups excluding carboxylic acids is 4. The van der Waals surface area contributed by atoms with Gasteiger partial charge in [0.05, 0.1) is 6.04 Å². The van der Waals surface area contributed by atoms with Crippen LogP contribution < -0.4 is 21.7 Å². The third-order valence-electron chi connectivity index (χ3n) is 5.73. The first kappa shape index (κ1) is 24.8. The smallest absolute Gasteiger partial charge is 0.315 e. The Morgan fingerprint density at radius 2 is 1.76 bits per heavy atom. The molecule has 1 aliphatic heterocycles. The molecule has 10 heteroatoms. The van der Waals surface area contributed by atoms with E-state index in [0.29, 0.717) is 5.69 Å². The van der Waals surface area contributed by atoms with Crippen molar-refractivity contribution in [1.82, 2.24) is 25.4 Å². The first-order valence-electron chi connectivity index (χ1n) is 11.3. The fraction of sp³-hybridized carbons (Fsp3) is 0.417. The lowest BCUT2D eigenvalue weighted by Crippen LogP contribution is -2.53. The highest BCUT2D eigenvalue weighted by Gasteiger charge is 2.41. The van der Waals surface area contributed by atoms with Crippen molar-refractivity contribution in [3.63, 3.8) is 0 Å². The minimum atomic E-state index is -0.932. The highest BCUT2D eigenvalue weighted by molar-refractivity contribution is 5.98. The van der Waals surface area contributed by atoms with Gasteiger partial charge in [-0.1, -0.05) is 30.3 Å². The van der Waals surface area contributed by atoms with Gasteiger partial charge in [0.2, 0.25) is 11.8 Å². The first-order valence-corrected chi connectivity index (χ1v) is 11.3. The van der Waals surface area contributed by atoms with E-state index in [0.717, 1.165) is 5.56 Å². The summed E-state index contributed by atoms with van der Waals surface area (Å²) < 4.78 is 1.67. The summed E-state index contributed by atoms with van der Waals surface area (Å²) in [6, 6.07) is 9.97. The maximum atomic E-state index is 13.3. The number of amides is 5. The zero-order valence-corrected chi connectivity index (χ0v) is 19.7. The third-order valence-corrected chi connectivity index (χ3v) is 5.73. The molecule has 0 bridgehead atoms. The molecule has 3 atom stereocenters. The molecule has 1 fully saturated rings. The molecular weight excluding hydrogens is 436 g/mol. The summed E-state index contributed by atoms with van der Waals surface area (Å²) in [6.45, 7) is 3.84. The van der Waals surface area contributed by atoms with E-state index in [1.54, 1.807) is 29.9 Å². The van der Waals surface area contributed by atoms with Crippen molar-refractivity contribution in [1.29, 1.82) is 0 Å². The summed E-state index contributed by atoms with van der Waals surface area (Å²) in [4.78, 5) is 52.3. The van der Waals surface area contributed by atoms with E-state index in [4.69, 9.17) is 5.73 Å². The van der Waals surface area contributed by atoms with E-state index in [9.17, 15) is 19.2 Å². The Balaban J connectivity index is 1.78. The average Bonchev–Trinajstić information content (AvgIpc) is 3.39. The molecular formula is C24H32N6O4. The number of benzene rings is 1. The van der Waals surface area contributed by atoms with E-state index in [1.165, 1.54) is 4.90 Å². The van der Waals surface area contributed by atoms with Crippen molar-refractivity contribution in [2.45, 2.75) is 50.9 Å². The molecule has 5 N–H and O–H groups in total. The van der Waals surface area contributed by atoms with E-state index in [-0.39, 0.29) is 37.4 Å². The molecule has 3 rings (SSSR count).